The number of halogens is 1. The van der Waals surface area contributed by atoms with Crippen LogP contribution in [-0.2, 0) is 6.54 Å². The molecule has 0 saturated heterocycles. The number of nitrogens with one attached hydrogen (secondary N) is 1. The zero-order valence-corrected chi connectivity index (χ0v) is 11.0. The monoisotopic (exact) mass is 255 g/mol. The summed E-state index contributed by atoms with van der Waals surface area (Å²) >= 11 is 0. The summed E-state index contributed by atoms with van der Waals surface area (Å²) in [5.74, 6) is -0.238. The third-order valence-corrected chi connectivity index (χ3v) is 3.22. The van der Waals surface area contributed by atoms with Gasteiger partial charge in [0.05, 0.1) is 6.10 Å². The van der Waals surface area contributed by atoms with Crippen LogP contribution in [0.4, 0.5) is 4.39 Å². The Morgan fingerprint density at radius 3 is 2.44 bits per heavy atom. The van der Waals surface area contributed by atoms with E-state index in [0.717, 1.165) is 18.9 Å². The highest BCUT2D eigenvalue weighted by molar-refractivity contribution is 5.28. The van der Waals surface area contributed by atoms with Crippen LogP contribution in [0.25, 0.3) is 0 Å². The first kappa shape index (κ1) is 14.9. The number of aromatic hydroxyl groups is 1. The van der Waals surface area contributed by atoms with Gasteiger partial charge in [0.2, 0.25) is 0 Å². The van der Waals surface area contributed by atoms with E-state index in [0.29, 0.717) is 24.6 Å². The average Bonchev–Trinajstić information content (AvgIpc) is 2.29. The standard InChI is InChI=1S/C14H22FNO2/c1-3-11(4-2)14(18)9-16-8-10-5-12(15)7-13(17)6-10/h5-7,11,14,16-18H,3-4,8-9H2,1-2H3. The summed E-state index contributed by atoms with van der Waals surface area (Å²) in [6.45, 7) is 5.02. The lowest BCUT2D eigenvalue weighted by Crippen LogP contribution is -2.32. The Balaban J connectivity index is 2.41. The zero-order chi connectivity index (χ0) is 13.5. The van der Waals surface area contributed by atoms with E-state index in [4.69, 9.17) is 0 Å². The lowest BCUT2D eigenvalue weighted by Gasteiger charge is -2.20. The largest absolute Gasteiger partial charge is 0.508 e. The Labute approximate surface area is 108 Å². The normalized spacial score (nSPS) is 12.9. The van der Waals surface area contributed by atoms with Gasteiger partial charge in [-0.15, -0.1) is 0 Å². The number of aliphatic hydroxyl groups is 1. The Morgan fingerprint density at radius 1 is 1.22 bits per heavy atom. The first-order chi connectivity index (χ1) is 8.56. The van der Waals surface area contributed by atoms with E-state index in [9.17, 15) is 14.6 Å². The topological polar surface area (TPSA) is 52.5 Å². The molecule has 0 aliphatic heterocycles. The molecular formula is C14H22FNO2. The Bertz CT molecular complexity index is 347. The van der Waals surface area contributed by atoms with Crippen molar-refractivity contribution in [3.63, 3.8) is 0 Å². The van der Waals surface area contributed by atoms with Crippen molar-refractivity contribution in [2.45, 2.75) is 39.3 Å². The molecule has 0 heterocycles. The lowest BCUT2D eigenvalue weighted by atomic mass is 9.96. The van der Waals surface area contributed by atoms with Crippen LogP contribution in [-0.4, -0.2) is 22.9 Å². The van der Waals surface area contributed by atoms with Gasteiger partial charge in [-0.05, 0) is 23.6 Å². The van der Waals surface area contributed by atoms with Crippen LogP contribution in [0.3, 0.4) is 0 Å². The quantitative estimate of drug-likeness (QED) is 0.701. The van der Waals surface area contributed by atoms with Gasteiger partial charge in [0.25, 0.3) is 0 Å². The first-order valence-corrected chi connectivity index (χ1v) is 6.44. The average molecular weight is 255 g/mol. The molecule has 18 heavy (non-hydrogen) atoms. The molecule has 1 atom stereocenters. The maximum absolute atomic E-state index is 13.0. The highest BCUT2D eigenvalue weighted by Gasteiger charge is 2.14. The van der Waals surface area contributed by atoms with Crippen molar-refractivity contribution >= 4 is 0 Å². The predicted molar refractivity (Wildman–Crippen MR) is 69.9 cm³/mol. The summed E-state index contributed by atoms with van der Waals surface area (Å²) in [5.41, 5.74) is 0.671. The molecule has 3 nitrogen and oxygen atoms in total. The van der Waals surface area contributed by atoms with Gasteiger partial charge in [-0.2, -0.15) is 0 Å². The van der Waals surface area contributed by atoms with E-state index in [1.165, 1.54) is 12.1 Å². The molecule has 1 rings (SSSR count). The predicted octanol–water partition coefficient (Wildman–Crippen LogP) is 2.42. The van der Waals surface area contributed by atoms with Crippen molar-refractivity contribution < 1.29 is 14.6 Å². The second-order valence-corrected chi connectivity index (χ2v) is 4.59. The second-order valence-electron chi connectivity index (χ2n) is 4.59. The van der Waals surface area contributed by atoms with Gasteiger partial charge in [0, 0.05) is 19.2 Å². The van der Waals surface area contributed by atoms with Gasteiger partial charge < -0.3 is 15.5 Å². The smallest absolute Gasteiger partial charge is 0.127 e. The zero-order valence-electron chi connectivity index (χ0n) is 11.0. The minimum Gasteiger partial charge on any atom is -0.508 e. The number of phenols is 1. The van der Waals surface area contributed by atoms with Gasteiger partial charge in [-0.1, -0.05) is 26.7 Å². The number of aliphatic hydroxyl groups excluding tert-OH is 1. The van der Waals surface area contributed by atoms with Crippen molar-refractivity contribution in [1.29, 1.82) is 0 Å². The SMILES string of the molecule is CCC(CC)C(O)CNCc1cc(O)cc(F)c1. The van der Waals surface area contributed by atoms with Crippen molar-refractivity contribution in [3.8, 4) is 5.75 Å². The summed E-state index contributed by atoms with van der Waals surface area (Å²) in [6, 6.07) is 3.96. The number of phenolic OH excluding ortho intramolecular Hbond substituents is 1. The maximum atomic E-state index is 13.0. The number of hydrogen-bond acceptors (Lipinski definition) is 3. The van der Waals surface area contributed by atoms with Crippen molar-refractivity contribution in [1.82, 2.24) is 5.32 Å². The van der Waals surface area contributed by atoms with E-state index < -0.39 is 5.82 Å². The molecule has 1 aromatic carbocycles. The molecule has 0 amide bonds. The molecule has 0 saturated carbocycles. The van der Waals surface area contributed by atoms with Gasteiger partial charge in [0.15, 0.2) is 0 Å². The molecule has 4 heteroatoms. The second kappa shape index (κ2) is 7.34. The maximum Gasteiger partial charge on any atom is 0.127 e. The summed E-state index contributed by atoms with van der Waals surface area (Å²) in [5, 5.41) is 22.2. The Hall–Kier alpha value is -1.13. The Morgan fingerprint density at radius 2 is 1.89 bits per heavy atom. The highest BCUT2D eigenvalue weighted by atomic mass is 19.1. The molecular weight excluding hydrogens is 233 g/mol. The van der Waals surface area contributed by atoms with Crippen LogP contribution in [0.1, 0.15) is 32.3 Å². The number of rotatable bonds is 7. The summed E-state index contributed by atoms with van der Waals surface area (Å²) < 4.78 is 13.0. The molecule has 1 unspecified atom stereocenters. The van der Waals surface area contributed by atoms with Crippen LogP contribution in [0.15, 0.2) is 18.2 Å². The fraction of sp³-hybridized carbons (Fsp3) is 0.571. The van der Waals surface area contributed by atoms with Crippen LogP contribution >= 0.6 is 0 Å². The fourth-order valence-electron chi connectivity index (χ4n) is 2.10. The van der Waals surface area contributed by atoms with Gasteiger partial charge in [0.1, 0.15) is 11.6 Å². The molecule has 3 N–H and O–H groups in total. The van der Waals surface area contributed by atoms with Gasteiger partial charge in [-0.3, -0.25) is 0 Å². The van der Waals surface area contributed by atoms with Crippen molar-refractivity contribution in [2.75, 3.05) is 6.54 Å². The molecule has 0 radical (unpaired) electrons. The number of benzene rings is 1. The summed E-state index contributed by atoms with van der Waals surface area (Å²) in [4.78, 5) is 0. The van der Waals surface area contributed by atoms with Crippen LogP contribution in [0.5, 0.6) is 5.75 Å². The minimum absolute atomic E-state index is 0.0765. The molecule has 0 fully saturated rings. The summed E-state index contributed by atoms with van der Waals surface area (Å²) in [6.07, 6.45) is 1.50. The fourth-order valence-corrected chi connectivity index (χ4v) is 2.10. The summed E-state index contributed by atoms with van der Waals surface area (Å²) in [7, 11) is 0. The van der Waals surface area contributed by atoms with E-state index >= 15 is 0 Å². The van der Waals surface area contributed by atoms with Crippen molar-refractivity contribution in [2.24, 2.45) is 5.92 Å². The third kappa shape index (κ3) is 4.63. The molecule has 102 valence electrons. The molecule has 0 spiro atoms. The lowest BCUT2D eigenvalue weighted by molar-refractivity contribution is 0.101. The molecule has 0 aliphatic carbocycles. The van der Waals surface area contributed by atoms with Gasteiger partial charge >= 0.3 is 0 Å². The number of hydrogen-bond donors (Lipinski definition) is 3. The molecule has 0 aromatic heterocycles. The van der Waals surface area contributed by atoms with E-state index in [1.54, 1.807) is 0 Å². The first-order valence-electron chi connectivity index (χ1n) is 6.44. The van der Waals surface area contributed by atoms with Crippen LogP contribution in [0, 0.1) is 11.7 Å². The molecule has 0 bridgehead atoms. The van der Waals surface area contributed by atoms with E-state index in [2.05, 4.69) is 19.2 Å². The van der Waals surface area contributed by atoms with E-state index in [1.807, 2.05) is 0 Å². The van der Waals surface area contributed by atoms with Crippen LogP contribution < -0.4 is 5.32 Å². The Kier molecular flexibility index (Phi) is 6.09. The third-order valence-electron chi connectivity index (χ3n) is 3.22. The highest BCUT2D eigenvalue weighted by Crippen LogP contribution is 2.15. The van der Waals surface area contributed by atoms with E-state index in [-0.39, 0.29) is 11.9 Å². The van der Waals surface area contributed by atoms with Gasteiger partial charge in [-0.25, -0.2) is 4.39 Å². The minimum atomic E-state index is -0.452. The molecule has 1 aromatic rings. The van der Waals surface area contributed by atoms with Crippen LogP contribution in [0.2, 0.25) is 0 Å². The van der Waals surface area contributed by atoms with Crippen molar-refractivity contribution in [3.05, 3.63) is 29.6 Å². The molecule has 0 aliphatic rings.